The van der Waals surface area contributed by atoms with Crippen LogP contribution in [0, 0.1) is 11.8 Å². The van der Waals surface area contributed by atoms with Crippen molar-refractivity contribution in [2.45, 2.75) is 64.8 Å². The number of carbonyl (C=O) groups is 2. The molecule has 2 amide bonds. The number of nitrogens with one attached hydrogen (secondary N) is 2. The molecule has 132 valence electrons. The van der Waals surface area contributed by atoms with Crippen LogP contribution in [0.5, 0.6) is 0 Å². The molecule has 0 unspecified atom stereocenters. The highest BCUT2D eigenvalue weighted by Crippen LogP contribution is 2.08. The Hall–Kier alpha value is -1.39. The zero-order valence-electron chi connectivity index (χ0n) is 14.7. The van der Waals surface area contributed by atoms with Gasteiger partial charge in [-0.1, -0.05) is 5.92 Å². The van der Waals surface area contributed by atoms with E-state index in [0.717, 1.165) is 0 Å². The molecular weight excluding hydrogens is 316 g/mol. The molecule has 7 heteroatoms. The Morgan fingerprint density at radius 2 is 1.91 bits per heavy atom. The van der Waals surface area contributed by atoms with E-state index in [1.807, 2.05) is 6.26 Å². The maximum Gasteiger partial charge on any atom is 0.408 e. The van der Waals surface area contributed by atoms with Gasteiger partial charge in [0, 0.05) is 0 Å². The lowest BCUT2D eigenvalue weighted by Crippen LogP contribution is -2.52. The van der Waals surface area contributed by atoms with E-state index < -0.39 is 29.9 Å². The van der Waals surface area contributed by atoms with Gasteiger partial charge < -0.3 is 20.5 Å². The number of carbonyl (C=O) groups excluding carboxylic acids is 2. The average molecular weight is 344 g/mol. The largest absolute Gasteiger partial charge is 0.444 e. The fraction of sp³-hybridized carbons (Fsp3) is 0.750. The molecule has 3 N–H and O–H groups in total. The van der Waals surface area contributed by atoms with Crippen LogP contribution >= 0.6 is 11.8 Å². The molecular formula is C16H28N2O4S. The molecule has 0 spiro atoms. The van der Waals surface area contributed by atoms with Crippen molar-refractivity contribution >= 4 is 23.8 Å². The fourth-order valence-electron chi connectivity index (χ4n) is 1.63. The number of alkyl carbamates (subject to hydrolysis) is 1. The van der Waals surface area contributed by atoms with Gasteiger partial charge in [0.25, 0.3) is 0 Å². The predicted octanol–water partition coefficient (Wildman–Crippen LogP) is 1.52. The third kappa shape index (κ3) is 10.1. The summed E-state index contributed by atoms with van der Waals surface area (Å²) in [5.41, 5.74) is -0.634. The smallest absolute Gasteiger partial charge is 0.408 e. The Balaban J connectivity index is 4.77. The van der Waals surface area contributed by atoms with Crippen molar-refractivity contribution in [1.82, 2.24) is 10.6 Å². The summed E-state index contributed by atoms with van der Waals surface area (Å²) in [6.45, 7) is 8.54. The quantitative estimate of drug-likeness (QED) is 0.610. The maximum absolute atomic E-state index is 12.3. The Bertz CT molecular complexity index is 451. The zero-order chi connectivity index (χ0) is 18.0. The fourth-order valence-corrected chi connectivity index (χ4v) is 2.10. The molecule has 0 aromatic rings. The average Bonchev–Trinajstić information content (AvgIpc) is 2.41. The van der Waals surface area contributed by atoms with Crippen LogP contribution in [0.1, 0.15) is 41.0 Å². The lowest BCUT2D eigenvalue weighted by Gasteiger charge is -2.24. The Labute approximate surface area is 143 Å². The minimum Gasteiger partial charge on any atom is -0.444 e. The molecule has 0 saturated carbocycles. The third-order valence-corrected chi connectivity index (χ3v) is 3.40. The lowest BCUT2D eigenvalue weighted by atomic mass is 10.1. The second-order valence-corrected chi connectivity index (χ2v) is 7.10. The minimum atomic E-state index is -0.952. The van der Waals surface area contributed by atoms with E-state index in [4.69, 9.17) is 4.74 Å². The van der Waals surface area contributed by atoms with Crippen LogP contribution in [0.4, 0.5) is 4.79 Å². The van der Waals surface area contributed by atoms with Crippen LogP contribution in [-0.4, -0.2) is 52.9 Å². The lowest BCUT2D eigenvalue weighted by molar-refractivity contribution is -0.124. The topological polar surface area (TPSA) is 87.7 Å². The normalized spacial score (nSPS) is 14.7. The number of rotatable bonds is 7. The molecule has 23 heavy (non-hydrogen) atoms. The van der Waals surface area contributed by atoms with Gasteiger partial charge in [0.05, 0.1) is 6.04 Å². The summed E-state index contributed by atoms with van der Waals surface area (Å²) < 4.78 is 5.18. The second-order valence-electron chi connectivity index (χ2n) is 6.12. The van der Waals surface area contributed by atoms with Crippen LogP contribution in [0.3, 0.4) is 0 Å². The van der Waals surface area contributed by atoms with E-state index in [1.165, 1.54) is 0 Å². The summed E-state index contributed by atoms with van der Waals surface area (Å²) >= 11 is 1.58. The number of aliphatic hydroxyl groups excluding tert-OH is 1. The summed E-state index contributed by atoms with van der Waals surface area (Å²) in [6.07, 6.45) is 0.798. The number of amides is 2. The van der Waals surface area contributed by atoms with Gasteiger partial charge in [-0.2, -0.15) is 11.8 Å². The molecule has 0 aliphatic carbocycles. The van der Waals surface area contributed by atoms with Crippen molar-refractivity contribution in [3.05, 3.63) is 0 Å². The van der Waals surface area contributed by atoms with E-state index in [9.17, 15) is 14.7 Å². The van der Waals surface area contributed by atoms with Crippen molar-refractivity contribution in [3.63, 3.8) is 0 Å². The summed E-state index contributed by atoms with van der Waals surface area (Å²) in [5.74, 6) is 5.52. The van der Waals surface area contributed by atoms with Crippen molar-refractivity contribution in [2.75, 3.05) is 12.0 Å². The molecule has 0 radical (unpaired) electrons. The number of hydrogen-bond donors (Lipinski definition) is 3. The van der Waals surface area contributed by atoms with Gasteiger partial charge in [-0.25, -0.2) is 4.79 Å². The molecule has 0 bridgehead atoms. The van der Waals surface area contributed by atoms with Gasteiger partial charge in [0.2, 0.25) is 5.91 Å². The highest BCUT2D eigenvalue weighted by Gasteiger charge is 2.26. The van der Waals surface area contributed by atoms with Crippen molar-refractivity contribution in [1.29, 1.82) is 0 Å². The monoisotopic (exact) mass is 344 g/mol. The summed E-state index contributed by atoms with van der Waals surface area (Å²) in [4.78, 5) is 24.2. The first kappa shape index (κ1) is 21.6. The molecule has 0 heterocycles. The molecule has 0 fully saturated rings. The van der Waals surface area contributed by atoms with Crippen molar-refractivity contribution in [3.8, 4) is 11.8 Å². The molecule has 0 aliphatic heterocycles. The van der Waals surface area contributed by atoms with Crippen LogP contribution in [0.2, 0.25) is 0 Å². The minimum absolute atomic E-state index is 0.366. The third-order valence-electron chi connectivity index (χ3n) is 2.75. The standard InChI is InChI=1S/C16H28N2O4S/c1-7-8-13(19)11(2)17-14(20)12(9-10-23-6)18-15(21)22-16(3,4)5/h11-13,19H,9-10H2,1-6H3,(H,17,20)(H,18,21)/t11-,12-,13-/m0/s1. The summed E-state index contributed by atoms with van der Waals surface area (Å²) in [6, 6.07) is -1.26. The molecule has 0 aromatic carbocycles. The van der Waals surface area contributed by atoms with Gasteiger partial charge in [0.1, 0.15) is 17.7 Å². The van der Waals surface area contributed by atoms with E-state index in [1.54, 1.807) is 46.4 Å². The Morgan fingerprint density at radius 1 is 1.30 bits per heavy atom. The highest BCUT2D eigenvalue weighted by atomic mass is 32.2. The Morgan fingerprint density at radius 3 is 2.39 bits per heavy atom. The van der Waals surface area contributed by atoms with Crippen LogP contribution in [0.15, 0.2) is 0 Å². The number of ether oxygens (including phenoxy) is 1. The van der Waals surface area contributed by atoms with Gasteiger partial charge >= 0.3 is 6.09 Å². The van der Waals surface area contributed by atoms with Crippen LogP contribution in [-0.2, 0) is 9.53 Å². The molecule has 0 aromatic heterocycles. The first-order valence-corrected chi connectivity index (χ1v) is 8.89. The second kappa shape index (κ2) is 10.4. The highest BCUT2D eigenvalue weighted by molar-refractivity contribution is 7.98. The number of thioether (sulfide) groups is 1. The molecule has 6 nitrogen and oxygen atoms in total. The van der Waals surface area contributed by atoms with Crippen molar-refractivity contribution < 1.29 is 19.4 Å². The van der Waals surface area contributed by atoms with Crippen LogP contribution in [0.25, 0.3) is 0 Å². The first-order chi connectivity index (χ1) is 10.6. The first-order valence-electron chi connectivity index (χ1n) is 7.50. The van der Waals surface area contributed by atoms with Crippen molar-refractivity contribution in [2.24, 2.45) is 0 Å². The van der Waals surface area contributed by atoms with Gasteiger partial charge in [-0.3, -0.25) is 4.79 Å². The van der Waals surface area contributed by atoms with Gasteiger partial charge in [-0.15, -0.1) is 5.92 Å². The number of hydrogen-bond acceptors (Lipinski definition) is 5. The molecule has 3 atom stereocenters. The van der Waals surface area contributed by atoms with E-state index in [2.05, 4.69) is 22.5 Å². The molecule has 0 aliphatic rings. The predicted molar refractivity (Wildman–Crippen MR) is 93.2 cm³/mol. The SMILES string of the molecule is CC#C[C@H](O)[C@H](C)NC(=O)[C@H](CCSC)NC(=O)OC(C)(C)C. The van der Waals surface area contributed by atoms with E-state index in [-0.39, 0.29) is 5.91 Å². The zero-order valence-corrected chi connectivity index (χ0v) is 15.5. The molecule has 0 rings (SSSR count). The van der Waals surface area contributed by atoms with E-state index >= 15 is 0 Å². The summed E-state index contributed by atoms with van der Waals surface area (Å²) in [7, 11) is 0. The molecule has 0 saturated heterocycles. The summed E-state index contributed by atoms with van der Waals surface area (Å²) in [5, 5.41) is 15.0. The van der Waals surface area contributed by atoms with Crippen LogP contribution < -0.4 is 10.6 Å². The van der Waals surface area contributed by atoms with Gasteiger partial charge in [0.15, 0.2) is 0 Å². The number of aliphatic hydroxyl groups is 1. The Kier molecular flexibility index (Phi) is 9.77. The van der Waals surface area contributed by atoms with Gasteiger partial charge in [-0.05, 0) is 53.0 Å². The van der Waals surface area contributed by atoms with E-state index in [0.29, 0.717) is 12.2 Å². The maximum atomic E-state index is 12.3.